The summed E-state index contributed by atoms with van der Waals surface area (Å²) in [5, 5.41) is 8.59. The molecular formula is C23H29N3O3S. The van der Waals surface area contributed by atoms with Gasteiger partial charge in [0.2, 0.25) is 0 Å². The van der Waals surface area contributed by atoms with E-state index in [1.54, 1.807) is 42.5 Å². The van der Waals surface area contributed by atoms with Crippen LogP contribution in [0.3, 0.4) is 0 Å². The number of carbonyl (C=O) groups is 2. The first-order chi connectivity index (χ1) is 14.4. The van der Waals surface area contributed by atoms with Crippen LogP contribution in [0.2, 0.25) is 0 Å². The summed E-state index contributed by atoms with van der Waals surface area (Å²) in [7, 11) is 0. The van der Waals surface area contributed by atoms with Crippen molar-refractivity contribution in [3.63, 3.8) is 0 Å². The normalized spacial score (nSPS) is 11.3. The molecule has 0 bridgehead atoms. The predicted octanol–water partition coefficient (Wildman–Crippen LogP) is 4.52. The van der Waals surface area contributed by atoms with Gasteiger partial charge >= 0.3 is 0 Å². The van der Waals surface area contributed by atoms with Gasteiger partial charge in [-0.25, -0.2) is 0 Å². The first-order valence-corrected chi connectivity index (χ1v) is 10.6. The molecule has 0 saturated carbocycles. The number of hydrogen-bond acceptors (Lipinski definition) is 4. The van der Waals surface area contributed by atoms with Crippen molar-refractivity contribution < 1.29 is 14.3 Å². The number of benzene rings is 2. The minimum atomic E-state index is -0.355. The van der Waals surface area contributed by atoms with E-state index in [-0.39, 0.29) is 23.0 Å². The van der Waals surface area contributed by atoms with E-state index in [0.717, 1.165) is 19.3 Å². The summed E-state index contributed by atoms with van der Waals surface area (Å²) in [6, 6.07) is 14.0. The molecule has 0 saturated heterocycles. The Balaban J connectivity index is 2.02. The van der Waals surface area contributed by atoms with Crippen LogP contribution < -0.4 is 20.7 Å². The van der Waals surface area contributed by atoms with Gasteiger partial charge in [-0.05, 0) is 62.3 Å². The molecule has 2 amide bonds. The average molecular weight is 428 g/mol. The number of hydrogen-bond donors (Lipinski definition) is 3. The molecule has 0 aromatic heterocycles. The maximum Gasteiger partial charge on any atom is 0.257 e. The molecule has 0 aliphatic heterocycles. The first kappa shape index (κ1) is 23.3. The Bertz CT molecular complexity index is 886. The largest absolute Gasteiger partial charge is 0.491 e. The molecular weight excluding hydrogens is 398 g/mol. The Morgan fingerprint density at radius 3 is 2.57 bits per heavy atom. The van der Waals surface area contributed by atoms with Crippen molar-refractivity contribution in [3.05, 3.63) is 59.7 Å². The molecule has 0 spiro atoms. The lowest BCUT2D eigenvalue weighted by molar-refractivity contribution is 0.0952. The van der Waals surface area contributed by atoms with Gasteiger partial charge in [0.1, 0.15) is 5.75 Å². The fourth-order valence-corrected chi connectivity index (χ4v) is 2.82. The molecule has 0 heterocycles. The second kappa shape index (κ2) is 11.9. The lowest BCUT2D eigenvalue weighted by Gasteiger charge is -2.15. The van der Waals surface area contributed by atoms with E-state index in [2.05, 4.69) is 22.9 Å². The van der Waals surface area contributed by atoms with Gasteiger partial charge in [-0.3, -0.25) is 14.9 Å². The van der Waals surface area contributed by atoms with Crippen LogP contribution in [0.25, 0.3) is 0 Å². The Labute approximate surface area is 183 Å². The Morgan fingerprint density at radius 2 is 1.83 bits per heavy atom. The minimum absolute atomic E-state index is 0.0611. The number of carbonyl (C=O) groups excluding carboxylic acids is 2. The zero-order chi connectivity index (χ0) is 21.9. The van der Waals surface area contributed by atoms with Gasteiger partial charge in [-0.1, -0.05) is 38.5 Å². The summed E-state index contributed by atoms with van der Waals surface area (Å²) in [4.78, 5) is 25.0. The maximum absolute atomic E-state index is 12.6. The lowest BCUT2D eigenvalue weighted by atomic mass is 10.1. The Morgan fingerprint density at radius 1 is 1.07 bits per heavy atom. The molecule has 7 heteroatoms. The van der Waals surface area contributed by atoms with E-state index in [1.807, 2.05) is 19.9 Å². The molecule has 0 aliphatic carbocycles. The highest BCUT2D eigenvalue weighted by molar-refractivity contribution is 7.80. The van der Waals surface area contributed by atoms with Gasteiger partial charge in [0.05, 0.1) is 17.4 Å². The molecule has 0 aliphatic rings. The predicted molar refractivity (Wildman–Crippen MR) is 124 cm³/mol. The number of rotatable bonds is 9. The quantitative estimate of drug-likeness (QED) is 0.405. The highest BCUT2D eigenvalue weighted by Crippen LogP contribution is 2.17. The molecule has 6 nitrogen and oxygen atoms in total. The van der Waals surface area contributed by atoms with Crippen molar-refractivity contribution >= 4 is 34.8 Å². The second-order valence-electron chi connectivity index (χ2n) is 6.93. The van der Waals surface area contributed by atoms with E-state index in [1.165, 1.54) is 0 Å². The number of anilines is 1. The topological polar surface area (TPSA) is 79.5 Å². The van der Waals surface area contributed by atoms with Crippen molar-refractivity contribution in [1.82, 2.24) is 10.6 Å². The molecule has 30 heavy (non-hydrogen) atoms. The van der Waals surface area contributed by atoms with Crippen molar-refractivity contribution in [3.8, 4) is 5.75 Å². The standard InChI is InChI=1S/C23H29N3O3S/c1-4-6-14-24-22(28)19-12-7-8-13-20(19)25-23(30)26-21(27)17-10-9-11-18(15-17)29-16(3)5-2/h7-13,15-16H,4-6,14H2,1-3H3,(H,24,28)(H2,25,26,27,30). The van der Waals surface area contributed by atoms with Gasteiger partial charge in [-0.15, -0.1) is 0 Å². The van der Waals surface area contributed by atoms with Crippen molar-refractivity contribution in [2.24, 2.45) is 0 Å². The minimum Gasteiger partial charge on any atom is -0.491 e. The number of nitrogens with one attached hydrogen (secondary N) is 3. The van der Waals surface area contributed by atoms with Crippen molar-refractivity contribution in [1.29, 1.82) is 0 Å². The van der Waals surface area contributed by atoms with Gasteiger partial charge in [-0.2, -0.15) is 0 Å². The molecule has 2 aromatic carbocycles. The Kier molecular flexibility index (Phi) is 9.28. The van der Waals surface area contributed by atoms with Crippen LogP contribution in [0.4, 0.5) is 5.69 Å². The SMILES string of the molecule is CCCCNC(=O)c1ccccc1NC(=S)NC(=O)c1cccc(OC(C)CC)c1. The molecule has 1 unspecified atom stereocenters. The third-order valence-electron chi connectivity index (χ3n) is 4.47. The van der Waals surface area contributed by atoms with Gasteiger partial charge in [0.15, 0.2) is 5.11 Å². The smallest absolute Gasteiger partial charge is 0.257 e. The molecule has 2 aromatic rings. The highest BCUT2D eigenvalue weighted by atomic mass is 32.1. The van der Waals surface area contributed by atoms with E-state index < -0.39 is 0 Å². The number of thiocarbonyl (C=S) groups is 1. The van der Waals surface area contributed by atoms with Crippen LogP contribution >= 0.6 is 12.2 Å². The summed E-state index contributed by atoms with van der Waals surface area (Å²) < 4.78 is 5.76. The highest BCUT2D eigenvalue weighted by Gasteiger charge is 2.14. The zero-order valence-corrected chi connectivity index (χ0v) is 18.5. The van der Waals surface area contributed by atoms with Gasteiger partial charge in [0, 0.05) is 12.1 Å². The van der Waals surface area contributed by atoms with Crippen LogP contribution in [0, 0.1) is 0 Å². The van der Waals surface area contributed by atoms with Gasteiger partial charge in [0.25, 0.3) is 11.8 Å². The third-order valence-corrected chi connectivity index (χ3v) is 4.68. The molecule has 1 atom stereocenters. The molecule has 0 fully saturated rings. The fraction of sp³-hybridized carbons (Fsp3) is 0.348. The van der Waals surface area contributed by atoms with Crippen LogP contribution in [0.15, 0.2) is 48.5 Å². The molecule has 0 radical (unpaired) electrons. The monoisotopic (exact) mass is 427 g/mol. The number of unbranched alkanes of at least 4 members (excludes halogenated alkanes) is 1. The fourth-order valence-electron chi connectivity index (χ4n) is 2.62. The summed E-state index contributed by atoms with van der Waals surface area (Å²) in [5.74, 6) is 0.0903. The maximum atomic E-state index is 12.6. The second-order valence-corrected chi connectivity index (χ2v) is 7.34. The lowest BCUT2D eigenvalue weighted by Crippen LogP contribution is -2.35. The van der Waals surface area contributed by atoms with E-state index in [9.17, 15) is 9.59 Å². The number of ether oxygens (including phenoxy) is 1. The van der Waals surface area contributed by atoms with E-state index in [0.29, 0.717) is 29.1 Å². The van der Waals surface area contributed by atoms with E-state index in [4.69, 9.17) is 17.0 Å². The van der Waals surface area contributed by atoms with Gasteiger partial charge < -0.3 is 15.4 Å². The first-order valence-electron chi connectivity index (χ1n) is 10.2. The molecule has 2 rings (SSSR count). The van der Waals surface area contributed by atoms with Crippen molar-refractivity contribution in [2.45, 2.75) is 46.1 Å². The molecule has 160 valence electrons. The van der Waals surface area contributed by atoms with Crippen LogP contribution in [0.5, 0.6) is 5.75 Å². The Hall–Kier alpha value is -2.93. The molecule has 3 N–H and O–H groups in total. The number of para-hydroxylation sites is 1. The third kappa shape index (κ3) is 7.15. The van der Waals surface area contributed by atoms with Crippen LogP contribution in [0.1, 0.15) is 60.7 Å². The van der Waals surface area contributed by atoms with E-state index >= 15 is 0 Å². The summed E-state index contributed by atoms with van der Waals surface area (Å²) in [6.45, 7) is 6.68. The zero-order valence-electron chi connectivity index (χ0n) is 17.7. The summed E-state index contributed by atoms with van der Waals surface area (Å²) in [6.07, 6.45) is 2.84. The van der Waals surface area contributed by atoms with Crippen LogP contribution in [-0.2, 0) is 0 Å². The summed E-state index contributed by atoms with van der Waals surface area (Å²) in [5.41, 5.74) is 1.44. The summed E-state index contributed by atoms with van der Waals surface area (Å²) >= 11 is 5.28. The van der Waals surface area contributed by atoms with Crippen molar-refractivity contribution in [2.75, 3.05) is 11.9 Å². The van der Waals surface area contributed by atoms with Crippen LogP contribution in [-0.4, -0.2) is 29.6 Å². The number of amides is 2. The average Bonchev–Trinajstić information content (AvgIpc) is 2.74.